The zero-order valence-corrected chi connectivity index (χ0v) is 9.45. The van der Waals surface area contributed by atoms with E-state index >= 15 is 0 Å². The maximum atomic E-state index is 10.7. The molecule has 0 radical (unpaired) electrons. The first kappa shape index (κ1) is 14.5. The first-order chi connectivity index (χ1) is 7.16. The third-order valence-electron chi connectivity index (χ3n) is 2.32. The Morgan fingerprint density at radius 2 is 1.60 bits per heavy atom. The first-order valence-corrected chi connectivity index (χ1v) is 5.59. The minimum absolute atomic E-state index is 0.140. The van der Waals surface area contributed by atoms with Gasteiger partial charge in [0.05, 0.1) is 7.11 Å². The highest BCUT2D eigenvalue weighted by molar-refractivity contribution is 6.40. The number of hydrogen-bond donors (Lipinski definition) is 2. The van der Waals surface area contributed by atoms with Crippen LogP contribution < -0.4 is 0 Å². The minimum Gasteiger partial charge on any atom is -0.469 e. The summed E-state index contributed by atoms with van der Waals surface area (Å²) in [5, 5.41) is 17.2. The SMILES string of the molecule is COC(=O)CCCCCCCCB(O)O. The Kier molecular flexibility index (Phi) is 9.63. The topological polar surface area (TPSA) is 66.8 Å². The molecular formula is C10H21BO4. The molecule has 2 N–H and O–H groups in total. The molecule has 0 saturated heterocycles. The van der Waals surface area contributed by atoms with Crippen LogP contribution in [0, 0.1) is 0 Å². The normalized spacial score (nSPS) is 10.1. The summed E-state index contributed by atoms with van der Waals surface area (Å²) < 4.78 is 4.53. The van der Waals surface area contributed by atoms with E-state index in [-0.39, 0.29) is 5.97 Å². The van der Waals surface area contributed by atoms with Gasteiger partial charge in [0.1, 0.15) is 0 Å². The Morgan fingerprint density at radius 1 is 1.07 bits per heavy atom. The van der Waals surface area contributed by atoms with Gasteiger partial charge in [-0.3, -0.25) is 4.79 Å². The monoisotopic (exact) mass is 216 g/mol. The van der Waals surface area contributed by atoms with Crippen molar-refractivity contribution in [2.75, 3.05) is 7.11 Å². The fraction of sp³-hybridized carbons (Fsp3) is 0.900. The molecule has 0 heterocycles. The van der Waals surface area contributed by atoms with Crippen molar-refractivity contribution in [2.24, 2.45) is 0 Å². The highest BCUT2D eigenvalue weighted by atomic mass is 16.5. The third kappa shape index (κ3) is 11.4. The molecule has 0 saturated carbocycles. The Morgan fingerprint density at radius 3 is 2.13 bits per heavy atom. The molecular weight excluding hydrogens is 195 g/mol. The maximum Gasteiger partial charge on any atom is 0.451 e. The van der Waals surface area contributed by atoms with Crippen LogP contribution in [0.3, 0.4) is 0 Å². The van der Waals surface area contributed by atoms with Crippen molar-refractivity contribution < 1.29 is 19.6 Å². The van der Waals surface area contributed by atoms with E-state index < -0.39 is 7.12 Å². The van der Waals surface area contributed by atoms with Gasteiger partial charge in [0, 0.05) is 6.42 Å². The van der Waals surface area contributed by atoms with Crippen LogP contribution in [0.4, 0.5) is 0 Å². The lowest BCUT2D eigenvalue weighted by atomic mass is 9.83. The van der Waals surface area contributed by atoms with Crippen molar-refractivity contribution in [3.8, 4) is 0 Å². The molecule has 0 aromatic heterocycles. The predicted octanol–water partition coefficient (Wildman–Crippen LogP) is 1.36. The molecule has 0 aromatic carbocycles. The van der Waals surface area contributed by atoms with E-state index in [4.69, 9.17) is 10.0 Å². The summed E-state index contributed by atoms with van der Waals surface area (Å²) in [5.74, 6) is -0.140. The van der Waals surface area contributed by atoms with Crippen LogP contribution in [0.5, 0.6) is 0 Å². The summed E-state index contributed by atoms with van der Waals surface area (Å²) in [6.07, 6.45) is 6.96. The summed E-state index contributed by atoms with van der Waals surface area (Å²) in [5.41, 5.74) is 0. The van der Waals surface area contributed by atoms with Crippen molar-refractivity contribution in [1.82, 2.24) is 0 Å². The quantitative estimate of drug-likeness (QED) is 0.347. The summed E-state index contributed by atoms with van der Waals surface area (Å²) in [6.45, 7) is 0. The van der Waals surface area contributed by atoms with E-state index in [1.807, 2.05) is 0 Å². The van der Waals surface area contributed by atoms with E-state index in [1.54, 1.807) is 0 Å². The van der Waals surface area contributed by atoms with E-state index in [1.165, 1.54) is 7.11 Å². The van der Waals surface area contributed by atoms with Gasteiger partial charge in [0.2, 0.25) is 0 Å². The Balaban J connectivity index is 3.02. The van der Waals surface area contributed by atoms with Crippen LogP contribution in [-0.2, 0) is 9.53 Å². The number of hydrogen-bond acceptors (Lipinski definition) is 4. The van der Waals surface area contributed by atoms with Gasteiger partial charge in [-0.15, -0.1) is 0 Å². The third-order valence-corrected chi connectivity index (χ3v) is 2.32. The predicted molar refractivity (Wildman–Crippen MR) is 59.3 cm³/mol. The number of unbranched alkanes of at least 4 members (excludes halogenated alkanes) is 5. The smallest absolute Gasteiger partial charge is 0.451 e. The molecule has 0 unspecified atom stereocenters. The molecule has 5 heteroatoms. The standard InChI is InChI=1S/C10H21BO4/c1-15-10(12)8-6-4-2-3-5-7-9-11(13)14/h13-14H,2-9H2,1H3. The second-order valence-electron chi connectivity index (χ2n) is 3.72. The van der Waals surface area contributed by atoms with Gasteiger partial charge in [-0.25, -0.2) is 0 Å². The molecule has 0 atom stereocenters. The van der Waals surface area contributed by atoms with E-state index in [0.717, 1.165) is 38.5 Å². The summed E-state index contributed by atoms with van der Waals surface area (Å²) in [4.78, 5) is 10.7. The lowest BCUT2D eigenvalue weighted by Crippen LogP contribution is -2.09. The van der Waals surface area contributed by atoms with E-state index in [9.17, 15) is 4.79 Å². The highest BCUT2D eigenvalue weighted by Crippen LogP contribution is 2.09. The van der Waals surface area contributed by atoms with E-state index in [2.05, 4.69) is 4.74 Å². The average molecular weight is 216 g/mol. The Bertz CT molecular complexity index is 162. The van der Waals surface area contributed by atoms with Crippen molar-refractivity contribution in [1.29, 1.82) is 0 Å². The van der Waals surface area contributed by atoms with Crippen LogP contribution in [0.15, 0.2) is 0 Å². The molecule has 4 nitrogen and oxygen atoms in total. The van der Waals surface area contributed by atoms with Crippen LogP contribution in [0.25, 0.3) is 0 Å². The van der Waals surface area contributed by atoms with Crippen LogP contribution >= 0.6 is 0 Å². The van der Waals surface area contributed by atoms with Crippen molar-refractivity contribution in [2.45, 2.75) is 51.3 Å². The van der Waals surface area contributed by atoms with Gasteiger partial charge in [0.15, 0.2) is 0 Å². The Labute approximate surface area is 91.8 Å². The number of esters is 1. The van der Waals surface area contributed by atoms with Crippen LogP contribution in [0.1, 0.15) is 44.9 Å². The summed E-state index contributed by atoms with van der Waals surface area (Å²) in [6, 6.07) is 0. The zero-order chi connectivity index (χ0) is 11.5. The number of carbonyl (C=O) groups excluding carboxylic acids is 1. The Hall–Kier alpha value is -0.545. The molecule has 88 valence electrons. The van der Waals surface area contributed by atoms with Crippen molar-refractivity contribution in [3.63, 3.8) is 0 Å². The molecule has 0 bridgehead atoms. The van der Waals surface area contributed by atoms with Gasteiger partial charge < -0.3 is 14.8 Å². The zero-order valence-electron chi connectivity index (χ0n) is 9.45. The molecule has 0 aliphatic rings. The summed E-state index contributed by atoms with van der Waals surface area (Å²) in [7, 11) is 0.243. The van der Waals surface area contributed by atoms with Gasteiger partial charge >= 0.3 is 13.1 Å². The molecule has 0 aromatic rings. The second kappa shape index (κ2) is 9.99. The lowest BCUT2D eigenvalue weighted by Gasteiger charge is -2.01. The largest absolute Gasteiger partial charge is 0.469 e. The molecule has 0 spiro atoms. The molecule has 0 amide bonds. The van der Waals surface area contributed by atoms with Gasteiger partial charge in [-0.2, -0.15) is 0 Å². The average Bonchev–Trinajstić information content (AvgIpc) is 2.21. The molecule has 0 fully saturated rings. The number of methoxy groups -OCH3 is 1. The lowest BCUT2D eigenvalue weighted by molar-refractivity contribution is -0.140. The molecule has 0 aliphatic carbocycles. The van der Waals surface area contributed by atoms with Crippen molar-refractivity contribution in [3.05, 3.63) is 0 Å². The highest BCUT2D eigenvalue weighted by Gasteiger charge is 2.04. The second-order valence-corrected chi connectivity index (χ2v) is 3.72. The minimum atomic E-state index is -1.16. The van der Waals surface area contributed by atoms with Gasteiger partial charge in [-0.1, -0.05) is 32.1 Å². The first-order valence-electron chi connectivity index (χ1n) is 5.59. The maximum absolute atomic E-state index is 10.7. The molecule has 0 aliphatic heterocycles. The van der Waals surface area contributed by atoms with Crippen LogP contribution in [-0.4, -0.2) is 30.2 Å². The van der Waals surface area contributed by atoms with Crippen LogP contribution in [0.2, 0.25) is 6.32 Å². The fourth-order valence-corrected chi connectivity index (χ4v) is 1.41. The molecule has 15 heavy (non-hydrogen) atoms. The van der Waals surface area contributed by atoms with Gasteiger partial charge in [0.25, 0.3) is 0 Å². The summed E-state index contributed by atoms with van der Waals surface area (Å²) >= 11 is 0. The number of carbonyl (C=O) groups is 1. The van der Waals surface area contributed by atoms with E-state index in [0.29, 0.717) is 12.7 Å². The molecule has 0 rings (SSSR count). The number of rotatable bonds is 9. The van der Waals surface area contributed by atoms with Crippen molar-refractivity contribution >= 4 is 13.1 Å². The fourth-order valence-electron chi connectivity index (χ4n) is 1.41. The van der Waals surface area contributed by atoms with Gasteiger partial charge in [-0.05, 0) is 12.7 Å². The number of ether oxygens (including phenoxy) is 1.